The number of aromatic nitrogens is 1. The van der Waals surface area contributed by atoms with Gasteiger partial charge in [0.1, 0.15) is 23.3 Å². The van der Waals surface area contributed by atoms with Gasteiger partial charge in [-0.2, -0.15) is 0 Å². The van der Waals surface area contributed by atoms with Crippen LogP contribution in [0.15, 0.2) is 12.1 Å². The Hall–Kier alpha value is -2.80. The molecule has 0 aliphatic carbocycles. The lowest BCUT2D eigenvalue weighted by molar-refractivity contribution is 0.0533. The minimum absolute atomic E-state index is 0.0873. The first-order valence-corrected chi connectivity index (χ1v) is 8.71. The maximum Gasteiger partial charge on any atom is 0.270 e. The zero-order valence-electron chi connectivity index (χ0n) is 16.2. The van der Waals surface area contributed by atoms with Gasteiger partial charge in [0.2, 0.25) is 0 Å². The first-order valence-electron chi connectivity index (χ1n) is 8.71. The fourth-order valence-corrected chi connectivity index (χ4v) is 3.88. The van der Waals surface area contributed by atoms with E-state index in [2.05, 4.69) is 4.98 Å². The van der Waals surface area contributed by atoms with Crippen LogP contribution in [-0.2, 0) is 6.54 Å². The smallest absolute Gasteiger partial charge is 0.270 e. The fraction of sp³-hybridized carbons (Fsp3) is 0.400. The summed E-state index contributed by atoms with van der Waals surface area (Å²) in [5.74, 6) is 0.802. The third-order valence-electron chi connectivity index (χ3n) is 5.08. The Labute approximate surface area is 157 Å². The molecular weight excluding hydrogens is 348 g/mol. The molecule has 0 saturated carbocycles. The topological polar surface area (TPSA) is 91.9 Å². The van der Waals surface area contributed by atoms with Gasteiger partial charge in [0.05, 0.1) is 27.3 Å². The Morgan fingerprint density at radius 2 is 1.81 bits per heavy atom. The molecule has 0 spiro atoms. The van der Waals surface area contributed by atoms with Gasteiger partial charge in [0, 0.05) is 22.4 Å². The number of aliphatic hydroxyl groups is 1. The highest BCUT2D eigenvalue weighted by Crippen LogP contribution is 2.39. The van der Waals surface area contributed by atoms with Crippen molar-refractivity contribution >= 4 is 11.7 Å². The molecule has 1 aromatic carbocycles. The number of H-pyrrole nitrogens is 1. The summed E-state index contributed by atoms with van der Waals surface area (Å²) in [5.41, 5.74) is 3.57. The van der Waals surface area contributed by atoms with Crippen LogP contribution in [0.25, 0.3) is 0 Å². The molecule has 144 valence electrons. The summed E-state index contributed by atoms with van der Waals surface area (Å²) in [6.45, 7) is 5.41. The van der Waals surface area contributed by atoms with Crippen molar-refractivity contribution in [2.45, 2.75) is 33.4 Å². The molecule has 1 aliphatic heterocycles. The van der Waals surface area contributed by atoms with E-state index in [4.69, 9.17) is 9.47 Å². The molecule has 1 atom stereocenters. The van der Waals surface area contributed by atoms with Gasteiger partial charge < -0.3 is 24.5 Å². The predicted octanol–water partition coefficient (Wildman–Crippen LogP) is 2.54. The number of hydrogen-bond acceptors (Lipinski definition) is 5. The van der Waals surface area contributed by atoms with Crippen LogP contribution in [0.1, 0.15) is 56.3 Å². The van der Waals surface area contributed by atoms with Crippen molar-refractivity contribution in [3.8, 4) is 11.5 Å². The molecule has 1 aliphatic rings. The second-order valence-corrected chi connectivity index (χ2v) is 6.74. The number of β-amino-alcohol motifs (C(OH)–C–C–N with tert-alkyl or cyclic N) is 1. The summed E-state index contributed by atoms with van der Waals surface area (Å²) in [5, 5.41) is 10.7. The molecule has 0 unspecified atom stereocenters. The highest BCUT2D eigenvalue weighted by atomic mass is 16.5. The van der Waals surface area contributed by atoms with Crippen molar-refractivity contribution in [1.29, 1.82) is 0 Å². The Balaban J connectivity index is 2.01. The predicted molar refractivity (Wildman–Crippen MR) is 99.5 cm³/mol. The number of carbonyl (C=O) groups is 2. The van der Waals surface area contributed by atoms with Crippen LogP contribution in [0.2, 0.25) is 0 Å². The molecular formula is C20H24N2O5. The number of methoxy groups -OCH3 is 2. The molecule has 2 heterocycles. The molecule has 7 heteroatoms. The number of Topliss-reactive ketones (excluding diaryl/α,β-unsaturated/α-hetero) is 1. The van der Waals surface area contributed by atoms with E-state index < -0.39 is 6.10 Å². The number of nitrogens with zero attached hydrogens (tertiary/aromatic N) is 1. The van der Waals surface area contributed by atoms with E-state index >= 15 is 0 Å². The summed E-state index contributed by atoms with van der Waals surface area (Å²) < 4.78 is 10.8. The first kappa shape index (κ1) is 19.0. The van der Waals surface area contributed by atoms with Crippen molar-refractivity contribution in [1.82, 2.24) is 9.88 Å². The number of hydrogen-bond donors (Lipinski definition) is 2. The summed E-state index contributed by atoms with van der Waals surface area (Å²) >= 11 is 0. The minimum atomic E-state index is -0.897. The van der Waals surface area contributed by atoms with E-state index in [1.54, 1.807) is 45.1 Å². The number of ether oxygens (including phenoxy) is 2. The first-order chi connectivity index (χ1) is 12.8. The molecule has 0 bridgehead atoms. The molecule has 27 heavy (non-hydrogen) atoms. The van der Waals surface area contributed by atoms with Gasteiger partial charge in [-0.1, -0.05) is 0 Å². The summed E-state index contributed by atoms with van der Waals surface area (Å²) in [6, 6.07) is 3.51. The number of fused-ring (bicyclic) bond motifs is 1. The van der Waals surface area contributed by atoms with Crippen LogP contribution in [0, 0.1) is 13.8 Å². The van der Waals surface area contributed by atoms with E-state index in [1.165, 1.54) is 6.92 Å². The third kappa shape index (κ3) is 3.08. The quantitative estimate of drug-likeness (QED) is 0.805. The van der Waals surface area contributed by atoms with Crippen LogP contribution in [0.4, 0.5) is 0 Å². The second kappa shape index (κ2) is 7.08. The van der Waals surface area contributed by atoms with Crippen LogP contribution in [-0.4, -0.2) is 47.4 Å². The van der Waals surface area contributed by atoms with Gasteiger partial charge in [-0.3, -0.25) is 9.59 Å². The van der Waals surface area contributed by atoms with Crippen molar-refractivity contribution in [3.05, 3.63) is 45.8 Å². The van der Waals surface area contributed by atoms with Crippen LogP contribution in [0.3, 0.4) is 0 Å². The van der Waals surface area contributed by atoms with Crippen molar-refractivity contribution < 1.29 is 24.2 Å². The number of rotatable bonds is 4. The number of ketones is 1. The number of aromatic amines is 1. The fourth-order valence-electron chi connectivity index (χ4n) is 3.88. The summed E-state index contributed by atoms with van der Waals surface area (Å²) in [7, 11) is 3.09. The maximum absolute atomic E-state index is 13.1. The molecule has 2 aromatic rings. The van der Waals surface area contributed by atoms with Crippen molar-refractivity contribution in [2.24, 2.45) is 0 Å². The van der Waals surface area contributed by atoms with Crippen molar-refractivity contribution in [2.75, 3.05) is 20.8 Å². The minimum Gasteiger partial charge on any atom is -0.496 e. The zero-order valence-corrected chi connectivity index (χ0v) is 16.2. The SMILES string of the molecule is COc1ccc(OC)c2c1CN(C(=O)c1[nH]c(C)c(C(C)=O)c1C)C[C@H]2O. The van der Waals surface area contributed by atoms with Gasteiger partial charge in [-0.05, 0) is 38.5 Å². The van der Waals surface area contributed by atoms with E-state index in [0.717, 1.165) is 5.56 Å². The lowest BCUT2D eigenvalue weighted by atomic mass is 9.94. The number of aryl methyl sites for hydroxylation is 1. The molecule has 1 aromatic heterocycles. The Morgan fingerprint density at radius 3 is 2.37 bits per heavy atom. The highest BCUT2D eigenvalue weighted by Gasteiger charge is 2.33. The Morgan fingerprint density at radius 1 is 1.19 bits per heavy atom. The van der Waals surface area contributed by atoms with Crippen LogP contribution < -0.4 is 9.47 Å². The number of aliphatic hydroxyl groups excluding tert-OH is 1. The zero-order chi connectivity index (χ0) is 19.9. The summed E-state index contributed by atoms with van der Waals surface area (Å²) in [4.78, 5) is 29.6. The maximum atomic E-state index is 13.1. The van der Waals surface area contributed by atoms with Gasteiger partial charge >= 0.3 is 0 Å². The molecule has 7 nitrogen and oxygen atoms in total. The molecule has 0 fully saturated rings. The molecule has 0 saturated heterocycles. The lowest BCUT2D eigenvalue weighted by Crippen LogP contribution is -2.39. The molecule has 0 radical (unpaired) electrons. The highest BCUT2D eigenvalue weighted by molar-refractivity contribution is 6.02. The summed E-state index contributed by atoms with van der Waals surface area (Å²) in [6.07, 6.45) is -0.897. The normalized spacial score (nSPS) is 16.1. The molecule has 2 N–H and O–H groups in total. The third-order valence-corrected chi connectivity index (χ3v) is 5.08. The number of amides is 1. The molecule has 3 rings (SSSR count). The van der Waals surface area contributed by atoms with E-state index in [0.29, 0.717) is 39.6 Å². The second-order valence-electron chi connectivity index (χ2n) is 6.74. The van der Waals surface area contributed by atoms with E-state index in [9.17, 15) is 14.7 Å². The number of nitrogens with one attached hydrogen (secondary N) is 1. The van der Waals surface area contributed by atoms with Crippen molar-refractivity contribution in [3.63, 3.8) is 0 Å². The van der Waals surface area contributed by atoms with Gasteiger partial charge in [0.25, 0.3) is 5.91 Å². The monoisotopic (exact) mass is 372 g/mol. The Kier molecular flexibility index (Phi) is 4.97. The largest absolute Gasteiger partial charge is 0.496 e. The van der Waals surface area contributed by atoms with E-state index in [-0.39, 0.29) is 24.8 Å². The van der Waals surface area contributed by atoms with Gasteiger partial charge in [-0.25, -0.2) is 0 Å². The lowest BCUT2D eigenvalue weighted by Gasteiger charge is -2.34. The Bertz CT molecular complexity index is 916. The standard InChI is InChI=1S/C20H24N2O5/c1-10-17(12(3)23)11(2)21-19(10)20(25)22-8-13-15(26-4)6-7-16(27-5)18(13)14(24)9-22/h6-7,14,21,24H,8-9H2,1-5H3/t14-/m1/s1. The van der Waals surface area contributed by atoms with Gasteiger partial charge in [0.15, 0.2) is 5.78 Å². The van der Waals surface area contributed by atoms with E-state index in [1.807, 2.05) is 0 Å². The van der Waals surface area contributed by atoms with Gasteiger partial charge in [-0.15, -0.1) is 0 Å². The average Bonchev–Trinajstić information content (AvgIpc) is 2.94. The molecule has 1 amide bonds. The van der Waals surface area contributed by atoms with Crippen LogP contribution in [0.5, 0.6) is 11.5 Å². The number of benzene rings is 1. The van der Waals surface area contributed by atoms with Crippen LogP contribution >= 0.6 is 0 Å². The number of carbonyl (C=O) groups excluding carboxylic acids is 2. The average molecular weight is 372 g/mol.